The molecule has 0 bridgehead atoms. The number of nitro benzene ring substituents is 1. The molecule has 2 N–H and O–H groups in total. The molecule has 2 aromatic carbocycles. The first kappa shape index (κ1) is 15.1. The Morgan fingerprint density at radius 3 is 2.33 bits per heavy atom. The molecule has 0 heterocycles. The molecule has 0 fully saturated rings. The summed E-state index contributed by atoms with van der Waals surface area (Å²) in [6, 6.07) is 10.3. The molecule has 2 rings (SSSR count). The van der Waals surface area contributed by atoms with Gasteiger partial charge < -0.3 is 10.6 Å². The highest BCUT2D eigenvalue weighted by atomic mass is 35.5. The molecular formula is C13H9ClFN3O2S. The standard InChI is InChI=1S/C13H9ClFN3O2S/c14-8-1-3-9(4-2-8)16-13(21)17-10-5-6-11(15)12(7-10)18(19)20/h1-7H,(H2,16,17,21). The van der Waals surface area contributed by atoms with Gasteiger partial charge in [-0.1, -0.05) is 11.6 Å². The lowest BCUT2D eigenvalue weighted by atomic mass is 10.2. The van der Waals surface area contributed by atoms with Crippen LogP contribution in [0.4, 0.5) is 21.5 Å². The van der Waals surface area contributed by atoms with Crippen LogP contribution in [0.15, 0.2) is 42.5 Å². The lowest BCUT2D eigenvalue weighted by molar-refractivity contribution is -0.387. The summed E-state index contributed by atoms with van der Waals surface area (Å²) in [7, 11) is 0. The van der Waals surface area contributed by atoms with Crippen LogP contribution < -0.4 is 10.6 Å². The SMILES string of the molecule is O=[N+]([O-])c1cc(NC(=S)Nc2ccc(Cl)cc2)ccc1F. The number of hydrogen-bond acceptors (Lipinski definition) is 3. The minimum atomic E-state index is -0.901. The third-order valence-electron chi connectivity index (χ3n) is 2.50. The number of rotatable bonds is 3. The number of nitrogens with one attached hydrogen (secondary N) is 2. The van der Waals surface area contributed by atoms with Gasteiger partial charge in [0.1, 0.15) is 0 Å². The molecule has 21 heavy (non-hydrogen) atoms. The Morgan fingerprint density at radius 2 is 1.71 bits per heavy atom. The van der Waals surface area contributed by atoms with Crippen LogP contribution in [0, 0.1) is 15.9 Å². The van der Waals surface area contributed by atoms with Gasteiger partial charge in [0.25, 0.3) is 0 Å². The van der Waals surface area contributed by atoms with Gasteiger partial charge in [-0.05, 0) is 48.6 Å². The highest BCUT2D eigenvalue weighted by molar-refractivity contribution is 7.80. The summed E-state index contributed by atoms with van der Waals surface area (Å²) in [6.07, 6.45) is 0. The number of benzene rings is 2. The molecule has 0 aromatic heterocycles. The molecule has 0 saturated carbocycles. The van der Waals surface area contributed by atoms with Crippen molar-refractivity contribution in [1.82, 2.24) is 0 Å². The van der Waals surface area contributed by atoms with Crippen molar-refractivity contribution in [2.45, 2.75) is 0 Å². The number of halogens is 2. The fourth-order valence-electron chi connectivity index (χ4n) is 1.56. The summed E-state index contributed by atoms with van der Waals surface area (Å²) < 4.78 is 13.2. The van der Waals surface area contributed by atoms with Gasteiger partial charge >= 0.3 is 5.69 Å². The molecule has 0 radical (unpaired) electrons. The molecule has 0 saturated heterocycles. The molecular weight excluding hydrogens is 317 g/mol. The van der Waals surface area contributed by atoms with Gasteiger partial charge in [-0.15, -0.1) is 0 Å². The first-order chi connectivity index (χ1) is 9.95. The zero-order chi connectivity index (χ0) is 15.4. The maximum Gasteiger partial charge on any atom is 0.306 e. The molecule has 0 amide bonds. The molecule has 8 heteroatoms. The van der Waals surface area contributed by atoms with E-state index in [1.165, 1.54) is 6.07 Å². The van der Waals surface area contributed by atoms with Gasteiger partial charge in [0.15, 0.2) is 5.11 Å². The van der Waals surface area contributed by atoms with E-state index in [9.17, 15) is 14.5 Å². The second-order valence-corrected chi connectivity index (χ2v) is 4.85. The van der Waals surface area contributed by atoms with Gasteiger partial charge in [-0.2, -0.15) is 4.39 Å². The van der Waals surface area contributed by atoms with Gasteiger partial charge in [-0.3, -0.25) is 10.1 Å². The second-order valence-electron chi connectivity index (χ2n) is 4.01. The largest absolute Gasteiger partial charge is 0.332 e. The number of thiocarbonyl (C=S) groups is 1. The molecule has 0 aliphatic heterocycles. The van der Waals surface area contributed by atoms with Crippen LogP contribution in [-0.2, 0) is 0 Å². The summed E-state index contributed by atoms with van der Waals surface area (Å²) in [5.41, 5.74) is 0.400. The predicted molar refractivity (Wildman–Crippen MR) is 84.3 cm³/mol. The van der Waals surface area contributed by atoms with Gasteiger partial charge in [-0.25, -0.2) is 0 Å². The van der Waals surface area contributed by atoms with E-state index in [1.54, 1.807) is 24.3 Å². The Morgan fingerprint density at radius 1 is 1.14 bits per heavy atom. The van der Waals surface area contributed by atoms with E-state index in [-0.39, 0.29) is 5.11 Å². The van der Waals surface area contributed by atoms with Crippen molar-refractivity contribution < 1.29 is 9.31 Å². The van der Waals surface area contributed by atoms with Crippen molar-refractivity contribution in [1.29, 1.82) is 0 Å². The van der Waals surface area contributed by atoms with Crippen molar-refractivity contribution in [2.24, 2.45) is 0 Å². The van der Waals surface area contributed by atoms with E-state index in [2.05, 4.69) is 10.6 Å². The Kier molecular flexibility index (Phi) is 4.66. The maximum atomic E-state index is 13.2. The van der Waals surface area contributed by atoms with E-state index in [1.807, 2.05) is 0 Å². The zero-order valence-electron chi connectivity index (χ0n) is 10.5. The van der Waals surface area contributed by atoms with Crippen LogP contribution in [0.1, 0.15) is 0 Å². The predicted octanol–water partition coefficient (Wildman–Crippen LogP) is 4.20. The Labute approximate surface area is 129 Å². The summed E-state index contributed by atoms with van der Waals surface area (Å²) in [5.74, 6) is -0.901. The smallest absolute Gasteiger partial charge is 0.306 e. The number of hydrogen-bond donors (Lipinski definition) is 2. The number of nitrogens with zero attached hydrogens (tertiary/aromatic N) is 1. The molecule has 2 aromatic rings. The van der Waals surface area contributed by atoms with Gasteiger partial charge in [0.05, 0.1) is 4.92 Å². The van der Waals surface area contributed by atoms with E-state index < -0.39 is 16.4 Å². The highest BCUT2D eigenvalue weighted by Gasteiger charge is 2.14. The summed E-state index contributed by atoms with van der Waals surface area (Å²) >= 11 is 10.8. The van der Waals surface area contributed by atoms with Crippen molar-refractivity contribution in [3.8, 4) is 0 Å². The van der Waals surface area contributed by atoms with Crippen LogP contribution in [0.3, 0.4) is 0 Å². The van der Waals surface area contributed by atoms with Crippen molar-refractivity contribution in [3.63, 3.8) is 0 Å². The van der Waals surface area contributed by atoms with E-state index >= 15 is 0 Å². The summed E-state index contributed by atoms with van der Waals surface area (Å²) in [5, 5.41) is 17.1. The van der Waals surface area contributed by atoms with E-state index in [4.69, 9.17) is 23.8 Å². The van der Waals surface area contributed by atoms with E-state index in [0.29, 0.717) is 16.4 Å². The molecule has 108 valence electrons. The minimum absolute atomic E-state index is 0.221. The molecule has 0 unspecified atom stereocenters. The van der Waals surface area contributed by atoms with Gasteiger partial charge in [0.2, 0.25) is 5.82 Å². The fourth-order valence-corrected chi connectivity index (χ4v) is 1.92. The lowest BCUT2D eigenvalue weighted by Gasteiger charge is -2.10. The van der Waals surface area contributed by atoms with Crippen LogP contribution in [0.5, 0.6) is 0 Å². The Hall–Kier alpha value is -2.25. The van der Waals surface area contributed by atoms with Crippen molar-refractivity contribution in [2.75, 3.05) is 10.6 Å². The zero-order valence-corrected chi connectivity index (χ0v) is 12.0. The lowest BCUT2D eigenvalue weighted by Crippen LogP contribution is -2.19. The molecule has 0 atom stereocenters. The molecule has 0 aliphatic rings. The number of nitro groups is 1. The maximum absolute atomic E-state index is 13.2. The molecule has 0 aliphatic carbocycles. The highest BCUT2D eigenvalue weighted by Crippen LogP contribution is 2.22. The Bertz CT molecular complexity index is 694. The normalized spacial score (nSPS) is 10.0. The third-order valence-corrected chi connectivity index (χ3v) is 2.96. The summed E-state index contributed by atoms with van der Waals surface area (Å²) in [4.78, 5) is 9.86. The average molecular weight is 326 g/mol. The molecule has 0 spiro atoms. The monoisotopic (exact) mass is 325 g/mol. The van der Waals surface area contributed by atoms with E-state index in [0.717, 1.165) is 12.1 Å². The first-order valence-electron chi connectivity index (χ1n) is 5.73. The van der Waals surface area contributed by atoms with Crippen LogP contribution in [0.2, 0.25) is 5.02 Å². The first-order valence-corrected chi connectivity index (χ1v) is 6.52. The average Bonchev–Trinajstić information content (AvgIpc) is 2.43. The quantitative estimate of drug-likeness (QED) is 0.503. The fraction of sp³-hybridized carbons (Fsp3) is 0. The van der Waals surface area contributed by atoms with Gasteiger partial charge in [0, 0.05) is 22.5 Å². The molecule has 5 nitrogen and oxygen atoms in total. The summed E-state index contributed by atoms with van der Waals surface area (Å²) in [6.45, 7) is 0. The van der Waals surface area contributed by atoms with Crippen LogP contribution in [0.25, 0.3) is 0 Å². The van der Waals surface area contributed by atoms with Crippen molar-refractivity contribution >= 4 is 46.0 Å². The number of anilines is 2. The topological polar surface area (TPSA) is 67.2 Å². The van der Waals surface area contributed by atoms with Crippen molar-refractivity contribution in [3.05, 3.63) is 63.4 Å². The van der Waals surface area contributed by atoms with Crippen LogP contribution >= 0.6 is 23.8 Å². The third kappa shape index (κ3) is 4.11. The Balaban J connectivity index is 2.07. The van der Waals surface area contributed by atoms with Crippen LogP contribution in [-0.4, -0.2) is 10.0 Å². The second kappa shape index (κ2) is 6.47. The minimum Gasteiger partial charge on any atom is -0.332 e.